The third kappa shape index (κ3) is 2.54. The minimum absolute atomic E-state index is 0.200. The summed E-state index contributed by atoms with van der Waals surface area (Å²) in [7, 11) is 0. The van der Waals surface area contributed by atoms with Gasteiger partial charge in [-0.2, -0.15) is 0 Å². The second-order valence-electron chi connectivity index (χ2n) is 5.95. The lowest BCUT2D eigenvalue weighted by atomic mass is 9.74. The van der Waals surface area contributed by atoms with Crippen LogP contribution in [0.15, 0.2) is 24.3 Å². The van der Waals surface area contributed by atoms with Gasteiger partial charge in [-0.3, -0.25) is 4.79 Å². The Morgan fingerprint density at radius 3 is 2.95 bits per heavy atom. The summed E-state index contributed by atoms with van der Waals surface area (Å²) in [6.45, 7) is 2.80. The molecule has 3 rings (SSSR count). The number of ketones is 1. The number of Topliss-reactive ketones (excluding diaryl/α,β-unsaturated/α-hetero) is 1. The highest BCUT2D eigenvalue weighted by molar-refractivity contribution is 5.87. The first-order chi connectivity index (χ1) is 9.79. The topological polar surface area (TPSA) is 38.3 Å². The molecule has 1 aliphatic heterocycles. The van der Waals surface area contributed by atoms with Crippen molar-refractivity contribution in [2.24, 2.45) is 11.8 Å². The standard InChI is InChI=1S/C17H23NO2/c1-2-12-7-3-4-8-13(12)17(19)16-11-18-14-9-5-6-10-15(14)20-16/h5-6,9-10,12-13,16,18H,2-4,7-8,11H2,1H3. The zero-order valence-electron chi connectivity index (χ0n) is 12.1. The Morgan fingerprint density at radius 2 is 2.10 bits per heavy atom. The highest BCUT2D eigenvalue weighted by Crippen LogP contribution is 2.35. The van der Waals surface area contributed by atoms with Gasteiger partial charge in [-0.25, -0.2) is 0 Å². The molecule has 1 saturated carbocycles. The number of carbonyl (C=O) groups excluding carboxylic acids is 1. The molecular formula is C17H23NO2. The molecule has 1 fully saturated rings. The average Bonchev–Trinajstić information content (AvgIpc) is 2.53. The predicted molar refractivity (Wildman–Crippen MR) is 80.1 cm³/mol. The number of para-hydroxylation sites is 2. The van der Waals surface area contributed by atoms with E-state index in [0.717, 1.165) is 24.3 Å². The van der Waals surface area contributed by atoms with Gasteiger partial charge in [-0.1, -0.05) is 38.3 Å². The molecule has 0 aromatic heterocycles. The molecule has 3 atom stereocenters. The maximum atomic E-state index is 12.8. The lowest BCUT2D eigenvalue weighted by Crippen LogP contribution is -2.43. The molecule has 0 spiro atoms. The number of hydrogen-bond donors (Lipinski definition) is 1. The van der Waals surface area contributed by atoms with Crippen LogP contribution in [0.25, 0.3) is 0 Å². The van der Waals surface area contributed by atoms with Crippen LogP contribution in [0.3, 0.4) is 0 Å². The van der Waals surface area contributed by atoms with Crippen molar-refractivity contribution in [1.82, 2.24) is 0 Å². The Kier molecular flexibility index (Phi) is 3.95. The largest absolute Gasteiger partial charge is 0.479 e. The Morgan fingerprint density at radius 1 is 1.30 bits per heavy atom. The Bertz CT molecular complexity index is 486. The van der Waals surface area contributed by atoms with Crippen LogP contribution >= 0.6 is 0 Å². The van der Waals surface area contributed by atoms with Gasteiger partial charge in [-0.05, 0) is 30.9 Å². The van der Waals surface area contributed by atoms with Crippen LogP contribution < -0.4 is 10.1 Å². The van der Waals surface area contributed by atoms with Gasteiger partial charge >= 0.3 is 0 Å². The molecule has 1 aromatic carbocycles. The molecule has 0 radical (unpaired) electrons. The molecule has 3 unspecified atom stereocenters. The normalized spacial score (nSPS) is 28.9. The first-order valence-corrected chi connectivity index (χ1v) is 7.83. The summed E-state index contributed by atoms with van der Waals surface area (Å²) in [5, 5.41) is 3.32. The summed E-state index contributed by atoms with van der Waals surface area (Å²) in [6.07, 6.45) is 5.48. The number of fused-ring (bicyclic) bond motifs is 1. The molecule has 3 nitrogen and oxygen atoms in total. The fourth-order valence-electron chi connectivity index (χ4n) is 3.58. The van der Waals surface area contributed by atoms with Crippen molar-refractivity contribution in [3.63, 3.8) is 0 Å². The van der Waals surface area contributed by atoms with E-state index in [1.165, 1.54) is 19.3 Å². The van der Waals surface area contributed by atoms with Crippen LogP contribution in [-0.4, -0.2) is 18.4 Å². The molecule has 3 heteroatoms. The average molecular weight is 273 g/mol. The van der Waals surface area contributed by atoms with Crippen molar-refractivity contribution in [2.75, 3.05) is 11.9 Å². The molecule has 108 valence electrons. The number of hydrogen-bond acceptors (Lipinski definition) is 3. The second-order valence-corrected chi connectivity index (χ2v) is 5.95. The lowest BCUT2D eigenvalue weighted by molar-refractivity contribution is -0.132. The van der Waals surface area contributed by atoms with Crippen molar-refractivity contribution in [3.05, 3.63) is 24.3 Å². The monoisotopic (exact) mass is 273 g/mol. The summed E-state index contributed by atoms with van der Waals surface area (Å²) in [5.74, 6) is 1.86. The van der Waals surface area contributed by atoms with Crippen molar-refractivity contribution in [3.8, 4) is 5.75 Å². The first kappa shape index (κ1) is 13.5. The maximum absolute atomic E-state index is 12.8. The summed E-state index contributed by atoms with van der Waals surface area (Å²) < 4.78 is 5.93. The minimum Gasteiger partial charge on any atom is -0.479 e. The van der Waals surface area contributed by atoms with Gasteiger partial charge in [0, 0.05) is 5.92 Å². The lowest BCUT2D eigenvalue weighted by Gasteiger charge is -2.34. The highest BCUT2D eigenvalue weighted by Gasteiger charge is 2.36. The van der Waals surface area contributed by atoms with E-state index < -0.39 is 0 Å². The molecule has 0 bridgehead atoms. The van der Waals surface area contributed by atoms with E-state index >= 15 is 0 Å². The van der Waals surface area contributed by atoms with Gasteiger partial charge in [-0.15, -0.1) is 0 Å². The van der Waals surface area contributed by atoms with Crippen LogP contribution in [-0.2, 0) is 4.79 Å². The summed E-state index contributed by atoms with van der Waals surface area (Å²) in [6, 6.07) is 7.85. The van der Waals surface area contributed by atoms with Gasteiger partial charge in [0.15, 0.2) is 11.9 Å². The van der Waals surface area contributed by atoms with E-state index in [-0.39, 0.29) is 12.0 Å². The molecule has 1 aromatic rings. The first-order valence-electron chi connectivity index (χ1n) is 7.83. The summed E-state index contributed by atoms with van der Waals surface area (Å²) >= 11 is 0. The van der Waals surface area contributed by atoms with Crippen LogP contribution in [0.2, 0.25) is 0 Å². The molecule has 1 heterocycles. The molecule has 1 N–H and O–H groups in total. The van der Waals surface area contributed by atoms with E-state index in [0.29, 0.717) is 18.2 Å². The Labute approximate surface area is 120 Å². The minimum atomic E-state index is -0.318. The number of rotatable bonds is 3. The van der Waals surface area contributed by atoms with Crippen LogP contribution in [0.1, 0.15) is 39.0 Å². The van der Waals surface area contributed by atoms with Gasteiger partial charge in [0.1, 0.15) is 5.75 Å². The number of carbonyl (C=O) groups is 1. The zero-order chi connectivity index (χ0) is 13.9. The van der Waals surface area contributed by atoms with Crippen molar-refractivity contribution >= 4 is 11.5 Å². The van der Waals surface area contributed by atoms with Crippen molar-refractivity contribution in [1.29, 1.82) is 0 Å². The van der Waals surface area contributed by atoms with Crippen molar-refractivity contribution in [2.45, 2.75) is 45.1 Å². The number of anilines is 1. The van der Waals surface area contributed by atoms with Gasteiger partial charge < -0.3 is 10.1 Å². The second kappa shape index (κ2) is 5.86. The van der Waals surface area contributed by atoms with Crippen LogP contribution in [0.5, 0.6) is 5.75 Å². The number of ether oxygens (including phenoxy) is 1. The third-order valence-electron chi connectivity index (χ3n) is 4.75. The zero-order valence-corrected chi connectivity index (χ0v) is 12.1. The van der Waals surface area contributed by atoms with Crippen molar-refractivity contribution < 1.29 is 9.53 Å². The maximum Gasteiger partial charge on any atom is 0.178 e. The van der Waals surface area contributed by atoms with Crippen LogP contribution in [0.4, 0.5) is 5.69 Å². The highest BCUT2D eigenvalue weighted by atomic mass is 16.5. The van der Waals surface area contributed by atoms with E-state index in [1.54, 1.807) is 0 Å². The van der Waals surface area contributed by atoms with E-state index in [1.807, 2.05) is 24.3 Å². The predicted octanol–water partition coefficient (Wildman–Crippen LogP) is 3.65. The quantitative estimate of drug-likeness (QED) is 0.913. The third-order valence-corrected chi connectivity index (χ3v) is 4.75. The molecule has 0 amide bonds. The van der Waals surface area contributed by atoms with E-state index in [9.17, 15) is 4.79 Å². The van der Waals surface area contributed by atoms with E-state index in [2.05, 4.69) is 12.2 Å². The SMILES string of the molecule is CCC1CCCCC1C(=O)C1CNc2ccccc2O1. The molecule has 0 saturated heterocycles. The van der Waals surface area contributed by atoms with Gasteiger partial charge in [0.2, 0.25) is 0 Å². The van der Waals surface area contributed by atoms with E-state index in [4.69, 9.17) is 4.74 Å². The molecule has 1 aliphatic carbocycles. The smallest absolute Gasteiger partial charge is 0.178 e. The van der Waals surface area contributed by atoms with Gasteiger partial charge in [0.25, 0.3) is 0 Å². The van der Waals surface area contributed by atoms with Crippen LogP contribution in [0, 0.1) is 11.8 Å². The Hall–Kier alpha value is -1.51. The number of benzene rings is 1. The summed E-state index contributed by atoms with van der Waals surface area (Å²) in [4.78, 5) is 12.8. The fraction of sp³-hybridized carbons (Fsp3) is 0.588. The molecule has 20 heavy (non-hydrogen) atoms. The van der Waals surface area contributed by atoms with Gasteiger partial charge in [0.05, 0.1) is 12.2 Å². The molecule has 2 aliphatic rings. The molecular weight excluding hydrogens is 250 g/mol. The fourth-order valence-corrected chi connectivity index (χ4v) is 3.58. The summed E-state index contributed by atoms with van der Waals surface area (Å²) in [5.41, 5.74) is 0.993. The number of nitrogens with one attached hydrogen (secondary N) is 1. The Balaban J connectivity index is 1.72.